The molecule has 2 heterocycles. The molecule has 2 aromatic heterocycles. The summed E-state index contributed by atoms with van der Waals surface area (Å²) in [5.41, 5.74) is 5.97. The van der Waals surface area contributed by atoms with Gasteiger partial charge in [0.1, 0.15) is 0 Å². The van der Waals surface area contributed by atoms with Gasteiger partial charge in [-0.05, 0) is 75.1 Å². The predicted octanol–water partition coefficient (Wildman–Crippen LogP) is 13.9. The second kappa shape index (κ2) is 10.5. The van der Waals surface area contributed by atoms with E-state index in [0.717, 1.165) is 11.4 Å². The molecule has 0 radical (unpaired) electrons. The van der Waals surface area contributed by atoms with Crippen molar-refractivity contribution in [3.05, 3.63) is 164 Å². The van der Waals surface area contributed by atoms with Crippen LogP contribution in [0.2, 0.25) is 0 Å². The van der Waals surface area contributed by atoms with Crippen LogP contribution >= 0.6 is 22.7 Å². The summed E-state index contributed by atoms with van der Waals surface area (Å²) in [4.78, 5) is 2.46. The van der Waals surface area contributed by atoms with Crippen molar-refractivity contribution in [2.75, 3.05) is 4.90 Å². The van der Waals surface area contributed by atoms with Gasteiger partial charge in [-0.2, -0.15) is 0 Å². The Labute approximate surface area is 280 Å². The van der Waals surface area contributed by atoms with Crippen LogP contribution in [-0.2, 0) is 0 Å². The van der Waals surface area contributed by atoms with Crippen LogP contribution in [0.15, 0.2) is 164 Å². The lowest BCUT2D eigenvalue weighted by Crippen LogP contribution is -2.10. The Morgan fingerprint density at radius 2 is 1.02 bits per heavy atom. The minimum Gasteiger partial charge on any atom is -0.310 e. The molecule has 0 saturated carbocycles. The maximum absolute atomic E-state index is 2.46. The highest BCUT2D eigenvalue weighted by Gasteiger charge is 2.20. The summed E-state index contributed by atoms with van der Waals surface area (Å²) in [6.45, 7) is 0. The van der Waals surface area contributed by atoms with Gasteiger partial charge in [-0.1, -0.05) is 121 Å². The standard InChI is InChI=1S/C44H27NS2/c1-3-12-33-28(9-1)11-7-15-34(33)30-19-22-31(23-20-30)45(32-24-26-37-36-14-5-6-17-40(36)46-42(37)27-32)39-16-8-18-41-43(39)38-25-21-29-10-2-4-13-35(29)44(38)47-41/h1-27H. The summed E-state index contributed by atoms with van der Waals surface area (Å²) in [6, 6.07) is 60.2. The van der Waals surface area contributed by atoms with Crippen molar-refractivity contribution in [3.8, 4) is 11.1 Å². The molecule has 8 aromatic carbocycles. The minimum atomic E-state index is 1.14. The molecule has 0 atom stereocenters. The quantitative estimate of drug-likeness (QED) is 0.186. The summed E-state index contributed by atoms with van der Waals surface area (Å²) >= 11 is 3.76. The third kappa shape index (κ3) is 4.21. The summed E-state index contributed by atoms with van der Waals surface area (Å²) in [7, 11) is 0. The van der Waals surface area contributed by atoms with E-state index < -0.39 is 0 Å². The van der Waals surface area contributed by atoms with E-state index in [4.69, 9.17) is 0 Å². The molecule has 0 bridgehead atoms. The highest BCUT2D eigenvalue weighted by Crippen LogP contribution is 2.48. The number of nitrogens with zero attached hydrogens (tertiary/aromatic N) is 1. The smallest absolute Gasteiger partial charge is 0.0554 e. The molecule has 0 aliphatic carbocycles. The first-order chi connectivity index (χ1) is 23.3. The fourth-order valence-corrected chi connectivity index (χ4v) is 9.67. The molecule has 0 N–H and O–H groups in total. The fraction of sp³-hybridized carbons (Fsp3) is 0. The third-order valence-electron chi connectivity index (χ3n) is 9.45. The molecule has 3 heteroatoms. The second-order valence-corrected chi connectivity index (χ2v) is 14.2. The predicted molar refractivity (Wildman–Crippen MR) is 207 cm³/mol. The van der Waals surface area contributed by atoms with Gasteiger partial charge in [-0.25, -0.2) is 0 Å². The maximum atomic E-state index is 2.46. The first-order valence-electron chi connectivity index (χ1n) is 15.9. The van der Waals surface area contributed by atoms with Gasteiger partial charge < -0.3 is 4.90 Å². The van der Waals surface area contributed by atoms with Gasteiger partial charge in [0.05, 0.1) is 5.69 Å². The summed E-state index contributed by atoms with van der Waals surface area (Å²) in [5.74, 6) is 0. The van der Waals surface area contributed by atoms with Crippen LogP contribution in [0.25, 0.3) is 73.0 Å². The largest absolute Gasteiger partial charge is 0.310 e. The van der Waals surface area contributed by atoms with Crippen molar-refractivity contribution in [2.24, 2.45) is 0 Å². The summed E-state index contributed by atoms with van der Waals surface area (Å²) in [5, 5.41) is 10.4. The Bertz CT molecular complexity index is 2800. The van der Waals surface area contributed by atoms with Gasteiger partial charge >= 0.3 is 0 Å². The first-order valence-corrected chi connectivity index (χ1v) is 17.6. The van der Waals surface area contributed by atoms with E-state index >= 15 is 0 Å². The van der Waals surface area contributed by atoms with E-state index in [0.29, 0.717) is 0 Å². The Balaban J connectivity index is 1.21. The van der Waals surface area contributed by atoms with Gasteiger partial charge in [0.15, 0.2) is 0 Å². The molecule has 0 spiro atoms. The zero-order valence-corrected chi connectivity index (χ0v) is 27.0. The van der Waals surface area contributed by atoms with Crippen LogP contribution in [0.4, 0.5) is 17.1 Å². The second-order valence-electron chi connectivity index (χ2n) is 12.1. The molecule has 220 valence electrons. The molecule has 10 rings (SSSR count). The lowest BCUT2D eigenvalue weighted by atomic mass is 9.98. The van der Waals surface area contributed by atoms with Crippen molar-refractivity contribution in [3.63, 3.8) is 0 Å². The molecule has 1 nitrogen and oxygen atoms in total. The SMILES string of the molecule is c1ccc2c(-c3ccc(N(c4ccc5c(c4)sc4ccccc45)c4cccc5sc6c7ccccc7ccc6c45)cc3)cccc2c1. The lowest BCUT2D eigenvalue weighted by Gasteiger charge is -2.27. The number of thiophene rings is 2. The Kier molecular flexibility index (Phi) is 5.98. The number of hydrogen-bond donors (Lipinski definition) is 0. The summed E-state index contributed by atoms with van der Waals surface area (Å²) < 4.78 is 5.27. The Morgan fingerprint density at radius 1 is 0.383 bits per heavy atom. The average Bonchev–Trinajstić information content (AvgIpc) is 3.71. The van der Waals surface area contributed by atoms with E-state index in [1.54, 1.807) is 0 Å². The number of anilines is 3. The van der Waals surface area contributed by atoms with Crippen LogP contribution in [0, 0.1) is 0 Å². The number of fused-ring (bicyclic) bond motifs is 9. The Morgan fingerprint density at radius 3 is 1.89 bits per heavy atom. The van der Waals surface area contributed by atoms with Crippen molar-refractivity contribution >= 4 is 102 Å². The van der Waals surface area contributed by atoms with Gasteiger partial charge in [0.25, 0.3) is 0 Å². The average molecular weight is 634 g/mol. The third-order valence-corrected chi connectivity index (χ3v) is 11.8. The van der Waals surface area contributed by atoms with Crippen molar-refractivity contribution in [2.45, 2.75) is 0 Å². The van der Waals surface area contributed by atoms with E-state index in [1.807, 2.05) is 22.7 Å². The molecule has 0 saturated heterocycles. The molecule has 0 unspecified atom stereocenters. The number of rotatable bonds is 4. The highest BCUT2D eigenvalue weighted by molar-refractivity contribution is 7.27. The normalized spacial score (nSPS) is 11.8. The molecular weight excluding hydrogens is 607 g/mol. The Hall–Kier alpha value is -5.48. The van der Waals surface area contributed by atoms with Crippen LogP contribution in [0.1, 0.15) is 0 Å². The molecule has 0 fully saturated rings. The van der Waals surface area contributed by atoms with Crippen LogP contribution in [-0.4, -0.2) is 0 Å². The number of benzene rings is 8. The van der Waals surface area contributed by atoms with E-state index in [-0.39, 0.29) is 0 Å². The minimum absolute atomic E-state index is 1.14. The molecule has 0 aliphatic rings. The monoisotopic (exact) mass is 633 g/mol. The van der Waals surface area contributed by atoms with E-state index in [1.165, 1.54) is 78.7 Å². The zero-order valence-electron chi connectivity index (χ0n) is 25.4. The topological polar surface area (TPSA) is 3.24 Å². The fourth-order valence-electron chi connectivity index (χ4n) is 7.27. The van der Waals surface area contributed by atoms with Crippen LogP contribution < -0.4 is 4.90 Å². The van der Waals surface area contributed by atoms with Gasteiger partial charge in [-0.3, -0.25) is 0 Å². The maximum Gasteiger partial charge on any atom is 0.0554 e. The number of hydrogen-bond acceptors (Lipinski definition) is 3. The molecule has 0 amide bonds. The molecule has 47 heavy (non-hydrogen) atoms. The van der Waals surface area contributed by atoms with Crippen molar-refractivity contribution in [1.82, 2.24) is 0 Å². The van der Waals surface area contributed by atoms with Gasteiger partial charge in [-0.15, -0.1) is 22.7 Å². The highest BCUT2D eigenvalue weighted by atomic mass is 32.1. The summed E-state index contributed by atoms with van der Waals surface area (Å²) in [6.07, 6.45) is 0. The van der Waals surface area contributed by atoms with E-state index in [2.05, 4.69) is 169 Å². The van der Waals surface area contributed by atoms with E-state index in [9.17, 15) is 0 Å². The van der Waals surface area contributed by atoms with Crippen LogP contribution in [0.3, 0.4) is 0 Å². The van der Waals surface area contributed by atoms with Crippen molar-refractivity contribution < 1.29 is 0 Å². The first kappa shape index (κ1) is 26.7. The van der Waals surface area contributed by atoms with Gasteiger partial charge in [0.2, 0.25) is 0 Å². The molecular formula is C44H27NS2. The molecule has 10 aromatic rings. The van der Waals surface area contributed by atoms with Crippen molar-refractivity contribution in [1.29, 1.82) is 0 Å². The zero-order chi connectivity index (χ0) is 30.9. The lowest BCUT2D eigenvalue weighted by molar-refractivity contribution is 1.31. The van der Waals surface area contributed by atoms with Crippen LogP contribution in [0.5, 0.6) is 0 Å². The van der Waals surface area contributed by atoms with Gasteiger partial charge in [0, 0.05) is 51.7 Å². The molecule has 0 aliphatic heterocycles.